The third-order valence-corrected chi connectivity index (χ3v) is 7.00. The van der Waals surface area contributed by atoms with Gasteiger partial charge in [-0.05, 0) is 43.0 Å². The summed E-state index contributed by atoms with van der Waals surface area (Å²) in [5.74, 6) is 1.58. The lowest BCUT2D eigenvalue weighted by molar-refractivity contribution is -0.134. The van der Waals surface area contributed by atoms with Gasteiger partial charge in [-0.3, -0.25) is 14.6 Å². The summed E-state index contributed by atoms with van der Waals surface area (Å²) in [6.45, 7) is 2.84. The maximum Gasteiger partial charge on any atom is 0.327 e. The largest absolute Gasteiger partial charge is 0.497 e. The first kappa shape index (κ1) is 23.8. The van der Waals surface area contributed by atoms with E-state index < -0.39 is 5.54 Å². The van der Waals surface area contributed by atoms with Crippen LogP contribution in [-0.4, -0.2) is 79.6 Å². The first-order valence-corrected chi connectivity index (χ1v) is 11.7. The first-order valence-electron chi connectivity index (χ1n) is 11.7. The second-order valence-electron chi connectivity index (χ2n) is 8.87. The number of piperidine rings is 1. The van der Waals surface area contributed by atoms with Gasteiger partial charge in [-0.25, -0.2) is 4.79 Å². The summed E-state index contributed by atoms with van der Waals surface area (Å²) < 4.78 is 10.6. The molecule has 0 saturated carbocycles. The van der Waals surface area contributed by atoms with Crippen LogP contribution in [0.1, 0.15) is 24.0 Å². The Balaban J connectivity index is 1.39. The Kier molecular flexibility index (Phi) is 7.22. The van der Waals surface area contributed by atoms with E-state index in [1.54, 1.807) is 21.3 Å². The zero-order chi connectivity index (χ0) is 24.1. The Bertz CT molecular complexity index is 1040. The molecule has 3 amide bonds. The summed E-state index contributed by atoms with van der Waals surface area (Å²) >= 11 is 0. The Morgan fingerprint density at radius 1 is 0.971 bits per heavy atom. The summed E-state index contributed by atoms with van der Waals surface area (Å²) in [5.41, 5.74) is 1.42. The lowest BCUT2D eigenvalue weighted by Gasteiger charge is -2.42. The van der Waals surface area contributed by atoms with E-state index in [0.29, 0.717) is 25.8 Å². The number of nitrogens with zero attached hydrogens (tertiary/aromatic N) is 3. The number of carbonyl (C=O) groups is 2. The molecule has 7 heteroatoms. The molecular weight excluding hydrogens is 430 g/mol. The molecule has 0 atom stereocenters. The van der Waals surface area contributed by atoms with Crippen molar-refractivity contribution in [2.24, 2.45) is 0 Å². The molecule has 2 heterocycles. The van der Waals surface area contributed by atoms with Gasteiger partial charge in [0.25, 0.3) is 5.91 Å². The standard InChI is InChI=1S/C27H33N3O4/c1-28-25(31)27(30(26(28)32)18-14-21-10-12-23(33-2)13-11-21)15-19-29(20-16-27)17-6-8-22-7-4-5-9-24(22)34-3/h4-13H,14-20H2,1-3H3. The molecule has 0 radical (unpaired) electrons. The van der Waals surface area contributed by atoms with Crippen molar-refractivity contribution in [2.75, 3.05) is 47.4 Å². The van der Waals surface area contributed by atoms with Crippen molar-refractivity contribution >= 4 is 18.0 Å². The molecule has 180 valence electrons. The number of amides is 3. The molecule has 1 spiro atoms. The lowest BCUT2D eigenvalue weighted by Crippen LogP contribution is -2.56. The third kappa shape index (κ3) is 4.66. The van der Waals surface area contributed by atoms with Crippen molar-refractivity contribution in [2.45, 2.75) is 24.8 Å². The molecular formula is C27H33N3O4. The molecule has 0 aliphatic carbocycles. The quantitative estimate of drug-likeness (QED) is 0.559. The second-order valence-corrected chi connectivity index (χ2v) is 8.87. The number of rotatable bonds is 8. The zero-order valence-electron chi connectivity index (χ0n) is 20.2. The first-order chi connectivity index (χ1) is 16.5. The fourth-order valence-corrected chi connectivity index (χ4v) is 4.94. The topological polar surface area (TPSA) is 62.3 Å². The van der Waals surface area contributed by atoms with Crippen LogP contribution in [0.3, 0.4) is 0 Å². The summed E-state index contributed by atoms with van der Waals surface area (Å²) in [6, 6.07) is 15.6. The number of hydrogen-bond acceptors (Lipinski definition) is 5. The maximum atomic E-state index is 13.2. The van der Waals surface area contributed by atoms with Crippen LogP contribution >= 0.6 is 0 Å². The van der Waals surface area contributed by atoms with Crippen LogP contribution in [0.4, 0.5) is 4.79 Å². The average molecular weight is 464 g/mol. The van der Waals surface area contributed by atoms with E-state index in [4.69, 9.17) is 9.47 Å². The molecule has 2 aliphatic rings. The van der Waals surface area contributed by atoms with Gasteiger partial charge < -0.3 is 14.4 Å². The molecule has 0 bridgehead atoms. The van der Waals surface area contributed by atoms with Gasteiger partial charge in [-0.15, -0.1) is 0 Å². The molecule has 34 heavy (non-hydrogen) atoms. The highest BCUT2D eigenvalue weighted by atomic mass is 16.5. The second kappa shape index (κ2) is 10.3. The molecule has 7 nitrogen and oxygen atoms in total. The Morgan fingerprint density at radius 3 is 2.35 bits per heavy atom. The minimum Gasteiger partial charge on any atom is -0.497 e. The molecule has 2 aliphatic heterocycles. The third-order valence-electron chi connectivity index (χ3n) is 7.00. The van der Waals surface area contributed by atoms with E-state index in [9.17, 15) is 9.59 Å². The summed E-state index contributed by atoms with van der Waals surface area (Å²) in [5, 5.41) is 0. The van der Waals surface area contributed by atoms with Gasteiger partial charge >= 0.3 is 6.03 Å². The van der Waals surface area contributed by atoms with Crippen molar-refractivity contribution in [3.63, 3.8) is 0 Å². The van der Waals surface area contributed by atoms with E-state index >= 15 is 0 Å². The van der Waals surface area contributed by atoms with Crippen molar-refractivity contribution in [3.8, 4) is 11.5 Å². The number of ether oxygens (including phenoxy) is 2. The summed E-state index contributed by atoms with van der Waals surface area (Å²) in [4.78, 5) is 31.6. The van der Waals surface area contributed by atoms with Crippen LogP contribution in [0.5, 0.6) is 11.5 Å². The number of urea groups is 1. The predicted octanol–water partition coefficient (Wildman–Crippen LogP) is 3.69. The number of para-hydroxylation sites is 1. The number of benzene rings is 2. The minimum absolute atomic E-state index is 0.0727. The van der Waals surface area contributed by atoms with Crippen LogP contribution < -0.4 is 9.47 Å². The number of likely N-dealkylation sites (tertiary alicyclic amines) is 1. The van der Waals surface area contributed by atoms with Gasteiger partial charge in [-0.1, -0.05) is 42.5 Å². The van der Waals surface area contributed by atoms with Gasteiger partial charge in [0, 0.05) is 38.8 Å². The van der Waals surface area contributed by atoms with Crippen molar-refractivity contribution in [1.29, 1.82) is 0 Å². The smallest absolute Gasteiger partial charge is 0.327 e. The average Bonchev–Trinajstić information content (AvgIpc) is 3.05. The molecule has 0 unspecified atom stereocenters. The number of likely N-dealkylation sites (N-methyl/N-ethyl adjacent to an activating group) is 1. The highest BCUT2D eigenvalue weighted by molar-refractivity contribution is 6.06. The van der Waals surface area contributed by atoms with Gasteiger partial charge in [0.1, 0.15) is 17.0 Å². The lowest BCUT2D eigenvalue weighted by atomic mass is 9.85. The SMILES string of the molecule is COc1ccc(CCN2C(=O)N(C)C(=O)C23CCN(CC=Cc2ccccc2OC)CC3)cc1. The van der Waals surface area contributed by atoms with Crippen LogP contribution in [0, 0.1) is 0 Å². The van der Waals surface area contributed by atoms with Crippen LogP contribution in [0.25, 0.3) is 6.08 Å². The fraction of sp³-hybridized carbons (Fsp3) is 0.407. The van der Waals surface area contributed by atoms with Crippen LogP contribution in [0.2, 0.25) is 0 Å². The van der Waals surface area contributed by atoms with E-state index in [1.165, 1.54) is 4.90 Å². The van der Waals surface area contributed by atoms with Gasteiger partial charge in [-0.2, -0.15) is 0 Å². The number of hydrogen-bond donors (Lipinski definition) is 0. The van der Waals surface area contributed by atoms with E-state index in [1.807, 2.05) is 53.4 Å². The molecule has 0 N–H and O–H groups in total. The molecule has 2 fully saturated rings. The van der Waals surface area contributed by atoms with E-state index in [0.717, 1.165) is 42.3 Å². The van der Waals surface area contributed by atoms with E-state index in [2.05, 4.69) is 17.1 Å². The monoisotopic (exact) mass is 463 g/mol. The number of imide groups is 1. The minimum atomic E-state index is -0.735. The fourth-order valence-electron chi connectivity index (χ4n) is 4.94. The summed E-state index contributed by atoms with van der Waals surface area (Å²) in [7, 11) is 4.92. The van der Waals surface area contributed by atoms with Gasteiger partial charge in [0.05, 0.1) is 14.2 Å². The molecule has 4 rings (SSSR count). The normalized spacial score (nSPS) is 18.3. The van der Waals surface area contributed by atoms with Crippen molar-refractivity contribution < 1.29 is 19.1 Å². The van der Waals surface area contributed by atoms with Gasteiger partial charge in [0.15, 0.2) is 0 Å². The number of methoxy groups -OCH3 is 2. The molecule has 2 aromatic carbocycles. The van der Waals surface area contributed by atoms with Crippen LogP contribution in [-0.2, 0) is 11.2 Å². The molecule has 2 saturated heterocycles. The van der Waals surface area contributed by atoms with E-state index in [-0.39, 0.29) is 11.9 Å². The summed E-state index contributed by atoms with van der Waals surface area (Å²) in [6.07, 6.45) is 6.19. The number of carbonyl (C=O) groups excluding carboxylic acids is 2. The highest BCUT2D eigenvalue weighted by Crippen LogP contribution is 2.37. The zero-order valence-corrected chi connectivity index (χ0v) is 20.2. The molecule has 2 aromatic rings. The Morgan fingerprint density at radius 2 is 1.68 bits per heavy atom. The van der Waals surface area contributed by atoms with Crippen molar-refractivity contribution in [1.82, 2.24) is 14.7 Å². The van der Waals surface area contributed by atoms with Crippen LogP contribution in [0.15, 0.2) is 54.6 Å². The highest BCUT2D eigenvalue weighted by Gasteiger charge is 2.56. The van der Waals surface area contributed by atoms with Gasteiger partial charge in [0.2, 0.25) is 0 Å². The Hall–Kier alpha value is -3.32. The molecule has 0 aromatic heterocycles. The predicted molar refractivity (Wildman–Crippen MR) is 132 cm³/mol. The Labute approximate surface area is 201 Å². The maximum absolute atomic E-state index is 13.2. The van der Waals surface area contributed by atoms with Crippen molar-refractivity contribution in [3.05, 3.63) is 65.7 Å².